The lowest BCUT2D eigenvalue weighted by molar-refractivity contribution is -0.286. The summed E-state index contributed by atoms with van der Waals surface area (Å²) in [6.07, 6.45) is 0.427. The maximum Gasteiger partial charge on any atom is 0.217 e. The molecule has 0 saturated carbocycles. The summed E-state index contributed by atoms with van der Waals surface area (Å²) < 4.78 is 18.4. The van der Waals surface area contributed by atoms with Crippen LogP contribution in [0.15, 0.2) is 54.6 Å². The van der Waals surface area contributed by atoms with Crippen molar-refractivity contribution in [3.05, 3.63) is 60.2 Å². The van der Waals surface area contributed by atoms with Gasteiger partial charge in [-0.15, -0.1) is 0 Å². The molecule has 2 fully saturated rings. The Morgan fingerprint density at radius 3 is 2.27 bits per heavy atom. The van der Waals surface area contributed by atoms with Gasteiger partial charge in [0.15, 0.2) is 5.41 Å². The summed E-state index contributed by atoms with van der Waals surface area (Å²) in [6.45, 7) is 3.82. The molecule has 33 heavy (non-hydrogen) atoms. The van der Waals surface area contributed by atoms with E-state index < -0.39 is 28.6 Å². The minimum absolute atomic E-state index is 0.368. The van der Waals surface area contributed by atoms with E-state index in [-0.39, 0.29) is 5.90 Å². The fraction of sp³-hybridized carbons (Fsp3) is 0.385. The molecule has 0 radical (unpaired) electrons. The van der Waals surface area contributed by atoms with E-state index in [2.05, 4.69) is 18.2 Å². The van der Waals surface area contributed by atoms with Gasteiger partial charge in [-0.2, -0.15) is 15.8 Å². The second-order valence-electron chi connectivity index (χ2n) is 8.39. The van der Waals surface area contributed by atoms with Crippen LogP contribution in [-0.2, 0) is 9.47 Å². The molecule has 166 valence electrons. The lowest BCUT2D eigenvalue weighted by atomic mass is 9.52. The molecule has 2 aromatic rings. The van der Waals surface area contributed by atoms with E-state index >= 15 is 0 Å². The number of para-hydroxylation sites is 1. The molecule has 2 bridgehead atoms. The summed E-state index contributed by atoms with van der Waals surface area (Å²) in [7, 11) is 0. The van der Waals surface area contributed by atoms with Crippen molar-refractivity contribution in [2.75, 3.05) is 0 Å². The third-order valence-electron chi connectivity index (χ3n) is 6.69. The number of nitriles is 3. The van der Waals surface area contributed by atoms with Gasteiger partial charge in [-0.05, 0) is 42.7 Å². The highest BCUT2D eigenvalue weighted by Gasteiger charge is 2.79. The first-order chi connectivity index (χ1) is 16.0. The first-order valence-corrected chi connectivity index (χ1v) is 11.0. The molecule has 7 nitrogen and oxygen atoms in total. The molecule has 0 aliphatic carbocycles. The van der Waals surface area contributed by atoms with Crippen LogP contribution >= 0.6 is 0 Å². The highest BCUT2D eigenvalue weighted by molar-refractivity contribution is 5.89. The summed E-state index contributed by atoms with van der Waals surface area (Å²) in [5.41, 5.74) is -3.21. The Kier molecular flexibility index (Phi) is 5.58. The van der Waals surface area contributed by atoms with Crippen LogP contribution in [0, 0.1) is 56.2 Å². The van der Waals surface area contributed by atoms with Gasteiger partial charge in [-0.1, -0.05) is 44.2 Å². The van der Waals surface area contributed by atoms with Crippen molar-refractivity contribution in [1.29, 1.82) is 21.2 Å². The molecule has 1 N–H and O–H groups in total. The Balaban J connectivity index is 1.88. The van der Waals surface area contributed by atoms with Gasteiger partial charge in [0.1, 0.15) is 17.6 Å². The van der Waals surface area contributed by atoms with Crippen molar-refractivity contribution >= 4 is 5.90 Å². The zero-order valence-electron chi connectivity index (χ0n) is 18.5. The zero-order chi connectivity index (χ0) is 23.7. The molecule has 2 heterocycles. The summed E-state index contributed by atoms with van der Waals surface area (Å²) in [5.74, 6) is -1.11. The van der Waals surface area contributed by atoms with Crippen molar-refractivity contribution in [1.82, 2.24) is 0 Å². The molecule has 4 rings (SSSR count). The fourth-order valence-electron chi connectivity index (χ4n) is 5.34. The molecule has 2 saturated heterocycles. The Hall–Kier alpha value is -3.86. The van der Waals surface area contributed by atoms with Crippen LogP contribution in [0.4, 0.5) is 0 Å². The molecule has 2 aliphatic heterocycles. The van der Waals surface area contributed by atoms with Gasteiger partial charge < -0.3 is 14.2 Å². The van der Waals surface area contributed by atoms with Gasteiger partial charge in [0.25, 0.3) is 0 Å². The predicted molar refractivity (Wildman–Crippen MR) is 119 cm³/mol. The Morgan fingerprint density at radius 2 is 1.67 bits per heavy atom. The first-order valence-electron chi connectivity index (χ1n) is 11.0. The lowest BCUT2D eigenvalue weighted by Gasteiger charge is -2.49. The number of fused-ring (bicyclic) bond motifs is 2. The first kappa shape index (κ1) is 22.3. The second kappa shape index (κ2) is 8.24. The van der Waals surface area contributed by atoms with Crippen molar-refractivity contribution in [2.45, 2.75) is 45.0 Å². The molecule has 0 aromatic heterocycles. The number of nitrogens with one attached hydrogen (secondary N) is 1. The summed E-state index contributed by atoms with van der Waals surface area (Å²) in [4.78, 5) is 0. The minimum atomic E-state index is -1.97. The molecule has 7 heteroatoms. The van der Waals surface area contributed by atoms with Crippen molar-refractivity contribution < 1.29 is 14.2 Å². The van der Waals surface area contributed by atoms with Crippen molar-refractivity contribution in [2.24, 2.45) is 16.7 Å². The SMILES string of the molecule is CCCC12OC(=N)C(C#N)(C1CC)C(C#N)(C#N)C(c1cccc(Oc3ccccc3)c1)O2. The largest absolute Gasteiger partial charge is 0.457 e. The van der Waals surface area contributed by atoms with Crippen LogP contribution in [0.1, 0.15) is 44.8 Å². The van der Waals surface area contributed by atoms with E-state index in [0.717, 1.165) is 0 Å². The van der Waals surface area contributed by atoms with Crippen LogP contribution < -0.4 is 4.74 Å². The Morgan fingerprint density at radius 1 is 0.970 bits per heavy atom. The minimum Gasteiger partial charge on any atom is -0.457 e. The molecule has 4 unspecified atom stereocenters. The Labute approximate surface area is 193 Å². The number of ether oxygens (including phenoxy) is 3. The summed E-state index contributed by atoms with van der Waals surface area (Å²) >= 11 is 0. The second-order valence-corrected chi connectivity index (χ2v) is 8.39. The molecule has 0 amide bonds. The van der Waals surface area contributed by atoms with E-state index in [9.17, 15) is 15.8 Å². The van der Waals surface area contributed by atoms with Crippen LogP contribution in [0.5, 0.6) is 11.5 Å². The molecule has 2 aromatic carbocycles. The molecular formula is C26H24N4O3. The van der Waals surface area contributed by atoms with E-state index in [1.807, 2.05) is 44.2 Å². The van der Waals surface area contributed by atoms with Crippen molar-refractivity contribution in [3.63, 3.8) is 0 Å². The van der Waals surface area contributed by atoms with Crippen LogP contribution in [0.2, 0.25) is 0 Å². The monoisotopic (exact) mass is 440 g/mol. The quantitative estimate of drug-likeness (QED) is 0.621. The van der Waals surface area contributed by atoms with Gasteiger partial charge in [0.05, 0.1) is 24.1 Å². The average molecular weight is 441 g/mol. The van der Waals surface area contributed by atoms with Gasteiger partial charge >= 0.3 is 0 Å². The van der Waals surface area contributed by atoms with Crippen molar-refractivity contribution in [3.8, 4) is 29.7 Å². The number of rotatable bonds is 6. The highest BCUT2D eigenvalue weighted by atomic mass is 16.7. The van der Waals surface area contributed by atoms with Gasteiger partial charge in [-0.25, -0.2) is 0 Å². The number of nitrogens with zero attached hydrogens (tertiary/aromatic N) is 3. The molecule has 4 atom stereocenters. The maximum atomic E-state index is 10.4. The molecule has 2 aliphatic rings. The van der Waals surface area contributed by atoms with Gasteiger partial charge in [0.2, 0.25) is 17.1 Å². The van der Waals surface area contributed by atoms with Crippen LogP contribution in [-0.4, -0.2) is 11.7 Å². The smallest absolute Gasteiger partial charge is 0.217 e. The standard InChI is InChI=1S/C26H24N4O3/c1-3-13-26-21(4-2)25(17-29,23(30)33-26)24(15-27,16-28)22(32-26)18-9-8-12-20(14-18)31-19-10-6-5-7-11-19/h5-12,14,21-22,30H,3-4,13H2,1-2H3. The van der Waals surface area contributed by atoms with E-state index in [0.29, 0.717) is 36.3 Å². The molecule has 0 spiro atoms. The fourth-order valence-corrected chi connectivity index (χ4v) is 5.34. The average Bonchev–Trinajstić information content (AvgIpc) is 3.03. The van der Waals surface area contributed by atoms with E-state index in [1.165, 1.54) is 0 Å². The maximum absolute atomic E-state index is 10.4. The van der Waals surface area contributed by atoms with E-state index in [4.69, 9.17) is 19.6 Å². The van der Waals surface area contributed by atoms with Gasteiger partial charge in [0, 0.05) is 6.42 Å². The van der Waals surface area contributed by atoms with Gasteiger partial charge in [-0.3, -0.25) is 5.41 Å². The number of hydrogen-bond acceptors (Lipinski definition) is 7. The summed E-state index contributed by atoms with van der Waals surface area (Å²) in [6, 6.07) is 22.6. The van der Waals surface area contributed by atoms with Crippen LogP contribution in [0.3, 0.4) is 0 Å². The normalized spacial score (nSPS) is 29.2. The topological polar surface area (TPSA) is 123 Å². The summed E-state index contributed by atoms with van der Waals surface area (Å²) in [5, 5.41) is 39.7. The number of benzene rings is 2. The molecular weight excluding hydrogens is 416 g/mol. The lowest BCUT2D eigenvalue weighted by Crippen LogP contribution is -2.59. The predicted octanol–water partition coefficient (Wildman–Crippen LogP) is 5.62. The third-order valence-corrected chi connectivity index (χ3v) is 6.69. The third kappa shape index (κ3) is 2.99. The highest BCUT2D eigenvalue weighted by Crippen LogP contribution is 2.68. The zero-order valence-corrected chi connectivity index (χ0v) is 18.5. The van der Waals surface area contributed by atoms with E-state index in [1.54, 1.807) is 24.3 Å². The number of hydrogen-bond donors (Lipinski definition) is 1. The van der Waals surface area contributed by atoms with Crippen LogP contribution in [0.25, 0.3) is 0 Å². The Bertz CT molecular complexity index is 1180.